The lowest BCUT2D eigenvalue weighted by atomic mass is 10.2. The van der Waals surface area contributed by atoms with Gasteiger partial charge in [-0.2, -0.15) is 0 Å². The van der Waals surface area contributed by atoms with Crippen LogP contribution in [-0.4, -0.2) is 35.8 Å². The number of fused-ring (bicyclic) bond motifs is 1. The van der Waals surface area contributed by atoms with Crippen molar-refractivity contribution in [1.29, 1.82) is 0 Å². The normalized spacial score (nSPS) is 10.8. The molecule has 3 aromatic rings. The van der Waals surface area contributed by atoms with Crippen molar-refractivity contribution >= 4 is 17.0 Å². The maximum absolute atomic E-state index is 12.1. The molecule has 0 unspecified atom stereocenters. The predicted octanol–water partition coefficient (Wildman–Crippen LogP) is 4.59. The van der Waals surface area contributed by atoms with Crippen LogP contribution in [0.3, 0.4) is 0 Å². The van der Waals surface area contributed by atoms with Gasteiger partial charge in [0, 0.05) is 5.56 Å². The van der Waals surface area contributed by atoms with Gasteiger partial charge in [-0.1, -0.05) is 6.92 Å². The summed E-state index contributed by atoms with van der Waals surface area (Å²) in [6.07, 6.45) is 0.794. The minimum Gasteiger partial charge on any atom is -0.490 e. The van der Waals surface area contributed by atoms with Crippen molar-refractivity contribution in [3.8, 4) is 22.9 Å². The molecule has 3 rings (SSSR count). The Morgan fingerprint density at radius 1 is 1.00 bits per heavy atom. The van der Waals surface area contributed by atoms with Crippen LogP contribution in [0.4, 0.5) is 0 Å². The molecular formula is C21H24N2O4. The summed E-state index contributed by atoms with van der Waals surface area (Å²) < 4.78 is 16.5. The second-order valence-electron chi connectivity index (χ2n) is 5.98. The fourth-order valence-corrected chi connectivity index (χ4v) is 2.75. The first-order chi connectivity index (χ1) is 13.2. The van der Waals surface area contributed by atoms with E-state index in [0.29, 0.717) is 42.7 Å². The van der Waals surface area contributed by atoms with Crippen LogP contribution in [0.1, 0.15) is 37.6 Å². The number of imidazole rings is 1. The molecular weight excluding hydrogens is 344 g/mol. The third-order valence-corrected chi connectivity index (χ3v) is 3.97. The van der Waals surface area contributed by atoms with Crippen LogP contribution in [0.15, 0.2) is 36.4 Å². The van der Waals surface area contributed by atoms with Crippen LogP contribution < -0.4 is 9.47 Å². The number of aromatic nitrogens is 2. The van der Waals surface area contributed by atoms with Crippen LogP contribution >= 0.6 is 0 Å². The Hall–Kier alpha value is -3.02. The largest absolute Gasteiger partial charge is 0.490 e. The van der Waals surface area contributed by atoms with Gasteiger partial charge in [-0.3, -0.25) is 0 Å². The topological polar surface area (TPSA) is 73.4 Å². The predicted molar refractivity (Wildman–Crippen MR) is 104 cm³/mol. The van der Waals surface area contributed by atoms with Gasteiger partial charge in [-0.05, 0) is 56.7 Å². The number of nitrogens with zero attached hydrogens (tertiary/aromatic N) is 1. The van der Waals surface area contributed by atoms with Crippen molar-refractivity contribution in [2.45, 2.75) is 27.2 Å². The van der Waals surface area contributed by atoms with Crippen LogP contribution in [0.2, 0.25) is 0 Å². The van der Waals surface area contributed by atoms with E-state index in [-0.39, 0.29) is 5.97 Å². The van der Waals surface area contributed by atoms with E-state index in [1.165, 1.54) is 0 Å². The maximum atomic E-state index is 12.1. The lowest BCUT2D eigenvalue weighted by Gasteiger charge is -2.11. The first-order valence-electron chi connectivity index (χ1n) is 9.23. The first-order valence-corrected chi connectivity index (χ1v) is 9.23. The molecule has 142 valence electrons. The average Bonchev–Trinajstić information content (AvgIpc) is 3.11. The number of nitrogens with one attached hydrogen (secondary N) is 1. The number of ether oxygens (including phenoxy) is 3. The molecule has 0 atom stereocenters. The number of rotatable bonds is 8. The molecule has 6 nitrogen and oxygen atoms in total. The van der Waals surface area contributed by atoms with E-state index in [1.54, 1.807) is 12.1 Å². The number of H-pyrrole nitrogens is 1. The minimum atomic E-state index is -0.324. The van der Waals surface area contributed by atoms with E-state index in [9.17, 15) is 4.79 Å². The molecule has 0 aliphatic heterocycles. The monoisotopic (exact) mass is 368 g/mol. The zero-order valence-corrected chi connectivity index (χ0v) is 15.9. The molecule has 1 N–H and O–H groups in total. The molecule has 0 fully saturated rings. The SMILES string of the molecule is CCCOC(=O)c1ccc2nc(-c3ccc(OCC)c(OCC)c3)[nH]c2c1. The zero-order valence-electron chi connectivity index (χ0n) is 15.9. The fraction of sp³-hybridized carbons (Fsp3) is 0.333. The second-order valence-corrected chi connectivity index (χ2v) is 5.98. The highest BCUT2D eigenvalue weighted by molar-refractivity contribution is 5.94. The molecule has 2 aromatic carbocycles. The fourth-order valence-electron chi connectivity index (χ4n) is 2.75. The number of carbonyl (C=O) groups is 1. The standard InChI is InChI=1S/C21H24N2O4/c1-4-11-27-21(24)15-7-9-16-17(12-15)23-20(22-16)14-8-10-18(25-5-2)19(13-14)26-6-3/h7-10,12-13H,4-6,11H2,1-3H3,(H,22,23). The lowest BCUT2D eigenvalue weighted by Crippen LogP contribution is -2.05. The highest BCUT2D eigenvalue weighted by atomic mass is 16.5. The van der Waals surface area contributed by atoms with Gasteiger partial charge in [0.2, 0.25) is 0 Å². The van der Waals surface area contributed by atoms with E-state index in [0.717, 1.165) is 23.0 Å². The highest BCUT2D eigenvalue weighted by Crippen LogP contribution is 2.32. The van der Waals surface area contributed by atoms with Crippen molar-refractivity contribution < 1.29 is 19.0 Å². The molecule has 0 amide bonds. The second kappa shape index (κ2) is 8.58. The third-order valence-electron chi connectivity index (χ3n) is 3.97. The van der Waals surface area contributed by atoms with Gasteiger partial charge in [0.25, 0.3) is 0 Å². The van der Waals surface area contributed by atoms with E-state index >= 15 is 0 Å². The highest BCUT2D eigenvalue weighted by Gasteiger charge is 2.13. The number of aromatic amines is 1. The maximum Gasteiger partial charge on any atom is 0.338 e. The molecule has 1 heterocycles. The Labute approximate surface area is 158 Å². The summed E-state index contributed by atoms with van der Waals surface area (Å²) in [7, 11) is 0. The van der Waals surface area contributed by atoms with Gasteiger partial charge in [-0.15, -0.1) is 0 Å². The Kier molecular flexibility index (Phi) is 5.96. The number of hydrogen-bond donors (Lipinski definition) is 1. The molecule has 0 aliphatic carbocycles. The lowest BCUT2D eigenvalue weighted by molar-refractivity contribution is 0.0505. The van der Waals surface area contributed by atoms with Gasteiger partial charge in [-0.25, -0.2) is 9.78 Å². The van der Waals surface area contributed by atoms with Crippen LogP contribution in [0, 0.1) is 0 Å². The van der Waals surface area contributed by atoms with Gasteiger partial charge < -0.3 is 19.2 Å². The summed E-state index contributed by atoms with van der Waals surface area (Å²) >= 11 is 0. The summed E-state index contributed by atoms with van der Waals surface area (Å²) in [4.78, 5) is 19.9. The molecule has 27 heavy (non-hydrogen) atoms. The average molecular weight is 368 g/mol. The number of hydrogen-bond acceptors (Lipinski definition) is 5. The van der Waals surface area contributed by atoms with Crippen LogP contribution in [-0.2, 0) is 4.74 Å². The molecule has 0 saturated heterocycles. The van der Waals surface area contributed by atoms with Gasteiger partial charge in [0.05, 0.1) is 36.4 Å². The Morgan fingerprint density at radius 3 is 2.52 bits per heavy atom. The molecule has 0 aliphatic rings. The number of carbonyl (C=O) groups excluding carboxylic acids is 1. The third kappa shape index (κ3) is 4.22. The van der Waals surface area contributed by atoms with Crippen molar-refractivity contribution in [2.75, 3.05) is 19.8 Å². The zero-order chi connectivity index (χ0) is 19.2. The quantitative estimate of drug-likeness (QED) is 0.589. The summed E-state index contributed by atoms with van der Waals surface area (Å²) in [5.74, 6) is 1.77. The molecule has 0 bridgehead atoms. The first kappa shape index (κ1) is 18.8. The molecule has 0 saturated carbocycles. The van der Waals surface area contributed by atoms with Crippen LogP contribution in [0.5, 0.6) is 11.5 Å². The van der Waals surface area contributed by atoms with Crippen molar-refractivity contribution in [3.63, 3.8) is 0 Å². The van der Waals surface area contributed by atoms with E-state index in [4.69, 9.17) is 14.2 Å². The Balaban J connectivity index is 1.92. The molecule has 0 radical (unpaired) electrons. The van der Waals surface area contributed by atoms with Gasteiger partial charge in [0.1, 0.15) is 5.82 Å². The van der Waals surface area contributed by atoms with E-state index in [1.807, 2.05) is 45.0 Å². The Morgan fingerprint density at radius 2 is 1.78 bits per heavy atom. The molecule has 6 heteroatoms. The number of benzene rings is 2. The summed E-state index contributed by atoms with van der Waals surface area (Å²) in [5, 5.41) is 0. The minimum absolute atomic E-state index is 0.324. The van der Waals surface area contributed by atoms with E-state index < -0.39 is 0 Å². The smallest absolute Gasteiger partial charge is 0.338 e. The van der Waals surface area contributed by atoms with Crippen molar-refractivity contribution in [1.82, 2.24) is 9.97 Å². The van der Waals surface area contributed by atoms with Gasteiger partial charge in [0.15, 0.2) is 11.5 Å². The van der Waals surface area contributed by atoms with E-state index in [2.05, 4.69) is 9.97 Å². The number of esters is 1. The van der Waals surface area contributed by atoms with Gasteiger partial charge >= 0.3 is 5.97 Å². The van der Waals surface area contributed by atoms with Crippen molar-refractivity contribution in [2.24, 2.45) is 0 Å². The molecule has 0 spiro atoms. The summed E-state index contributed by atoms with van der Waals surface area (Å²) in [5.41, 5.74) is 2.95. The Bertz CT molecular complexity index is 933. The molecule has 1 aromatic heterocycles. The summed E-state index contributed by atoms with van der Waals surface area (Å²) in [6, 6.07) is 11.0. The van der Waals surface area contributed by atoms with Crippen molar-refractivity contribution in [3.05, 3.63) is 42.0 Å². The summed E-state index contributed by atoms with van der Waals surface area (Å²) in [6.45, 7) is 7.37. The van der Waals surface area contributed by atoms with Crippen LogP contribution in [0.25, 0.3) is 22.4 Å².